The number of thiophene rings is 1. The lowest BCUT2D eigenvalue weighted by Crippen LogP contribution is -1.71. The van der Waals surface area contributed by atoms with Crippen LogP contribution in [0.5, 0.6) is 0 Å². The van der Waals surface area contributed by atoms with Crippen LogP contribution in [0.4, 0.5) is 8.78 Å². The summed E-state index contributed by atoms with van der Waals surface area (Å²) in [6.07, 6.45) is 0. The quantitative estimate of drug-likeness (QED) is 0.620. The van der Waals surface area contributed by atoms with Gasteiger partial charge in [-0.3, -0.25) is 0 Å². The lowest BCUT2D eigenvalue weighted by molar-refractivity contribution is 0.651. The Balaban J connectivity index is 2.99. The fraction of sp³-hybridized carbons (Fsp3) is 0. The summed E-state index contributed by atoms with van der Waals surface area (Å²) in [4.78, 5) is 0. The Labute approximate surface area is 65.7 Å². The molecule has 1 aromatic heterocycles. The van der Waals surface area contributed by atoms with Crippen molar-refractivity contribution in [3.8, 4) is 0 Å². The smallest absolute Gasteiger partial charge is 0.202 e. The summed E-state index contributed by atoms with van der Waals surface area (Å²) in [6.45, 7) is 0. The third-order valence-electron chi connectivity index (χ3n) is 0.874. The van der Waals surface area contributed by atoms with E-state index in [-0.39, 0.29) is 5.56 Å². The summed E-state index contributed by atoms with van der Waals surface area (Å²) in [5, 5.41) is 2.77. The van der Waals surface area contributed by atoms with Crippen molar-refractivity contribution in [3.63, 3.8) is 0 Å². The van der Waals surface area contributed by atoms with Gasteiger partial charge < -0.3 is 0 Å². The molecular weight excluding hydrogens is 178 g/mol. The normalized spacial score (nSPS) is 13.1. The van der Waals surface area contributed by atoms with Crippen LogP contribution in [0.15, 0.2) is 16.7 Å². The van der Waals surface area contributed by atoms with E-state index in [4.69, 9.17) is 11.6 Å². The Hall–Kier alpha value is -0.410. The van der Waals surface area contributed by atoms with Gasteiger partial charge in [-0.1, -0.05) is 0 Å². The van der Waals surface area contributed by atoms with Gasteiger partial charge in [-0.25, -0.2) is 4.39 Å². The highest BCUT2D eigenvalue weighted by Gasteiger charge is 2.06. The van der Waals surface area contributed by atoms with E-state index in [1.54, 1.807) is 5.38 Å². The Kier molecular flexibility index (Phi) is 2.40. The van der Waals surface area contributed by atoms with Crippen LogP contribution in [0.2, 0.25) is 0 Å². The molecule has 0 amide bonds. The maximum Gasteiger partial charge on any atom is 0.225 e. The molecule has 0 atom stereocenters. The van der Waals surface area contributed by atoms with Crippen LogP contribution < -0.4 is 0 Å². The maximum atomic E-state index is 12.4. The van der Waals surface area contributed by atoms with Crippen LogP contribution in [0, 0.1) is 5.38 Å². The largest absolute Gasteiger partial charge is 0.225 e. The molecule has 0 spiro atoms. The third kappa shape index (κ3) is 1.55. The van der Waals surface area contributed by atoms with Crippen LogP contribution in [0.25, 0.3) is 5.83 Å². The van der Waals surface area contributed by atoms with E-state index in [0.717, 1.165) is 11.3 Å². The highest BCUT2D eigenvalue weighted by atomic mass is 35.5. The summed E-state index contributed by atoms with van der Waals surface area (Å²) in [6, 6.07) is 1.40. The fourth-order valence-corrected chi connectivity index (χ4v) is 1.11. The second-order valence-corrected chi connectivity index (χ2v) is 2.55. The SMILES string of the molecule is F/C(Cl)=C(/F)c1[c]scc1. The first kappa shape index (κ1) is 7.69. The molecular formula is C6H2ClF2S. The zero-order valence-corrected chi connectivity index (χ0v) is 6.27. The van der Waals surface area contributed by atoms with Crippen molar-refractivity contribution in [1.82, 2.24) is 0 Å². The molecule has 0 aliphatic rings. The van der Waals surface area contributed by atoms with Crippen molar-refractivity contribution >= 4 is 28.8 Å². The maximum absolute atomic E-state index is 12.4. The molecule has 1 aromatic rings. The molecule has 10 heavy (non-hydrogen) atoms. The summed E-state index contributed by atoms with van der Waals surface area (Å²) >= 11 is 5.90. The molecule has 0 nitrogen and oxygen atoms in total. The van der Waals surface area contributed by atoms with Gasteiger partial charge in [0, 0.05) is 5.56 Å². The van der Waals surface area contributed by atoms with Gasteiger partial charge in [0.15, 0.2) is 5.83 Å². The van der Waals surface area contributed by atoms with E-state index in [1.807, 2.05) is 0 Å². The highest BCUT2D eigenvalue weighted by molar-refractivity contribution is 7.07. The number of rotatable bonds is 1. The first-order valence-electron chi connectivity index (χ1n) is 2.38. The van der Waals surface area contributed by atoms with Crippen LogP contribution >= 0.6 is 22.9 Å². The minimum Gasteiger partial charge on any atom is -0.202 e. The summed E-state index contributed by atoms with van der Waals surface area (Å²) in [7, 11) is 0. The molecule has 53 valence electrons. The molecule has 0 saturated heterocycles. The fourth-order valence-electron chi connectivity index (χ4n) is 0.453. The Morgan fingerprint density at radius 3 is 2.70 bits per heavy atom. The van der Waals surface area contributed by atoms with Gasteiger partial charge in [0.1, 0.15) is 0 Å². The van der Waals surface area contributed by atoms with E-state index < -0.39 is 11.1 Å². The minimum atomic E-state index is -1.32. The van der Waals surface area contributed by atoms with Crippen molar-refractivity contribution in [2.75, 3.05) is 0 Å². The summed E-state index contributed by atoms with van der Waals surface area (Å²) < 4.78 is 24.4. The van der Waals surface area contributed by atoms with E-state index in [2.05, 4.69) is 5.38 Å². The Morgan fingerprint density at radius 1 is 1.60 bits per heavy atom. The molecule has 1 heterocycles. The topological polar surface area (TPSA) is 0 Å². The van der Waals surface area contributed by atoms with Gasteiger partial charge in [0.2, 0.25) is 5.29 Å². The van der Waals surface area contributed by atoms with Crippen LogP contribution in [0.1, 0.15) is 5.56 Å². The summed E-state index contributed by atoms with van der Waals surface area (Å²) in [5.41, 5.74) is 0.0671. The van der Waals surface area contributed by atoms with Crippen LogP contribution in [-0.4, -0.2) is 0 Å². The van der Waals surface area contributed by atoms with E-state index in [0.29, 0.717) is 0 Å². The Morgan fingerprint density at radius 2 is 2.30 bits per heavy atom. The second-order valence-electron chi connectivity index (χ2n) is 1.51. The second kappa shape index (κ2) is 3.12. The van der Waals surface area contributed by atoms with E-state index in [1.165, 1.54) is 6.07 Å². The number of hydrogen-bond acceptors (Lipinski definition) is 1. The molecule has 0 fully saturated rings. The molecule has 1 rings (SSSR count). The third-order valence-corrected chi connectivity index (χ3v) is 1.65. The zero-order chi connectivity index (χ0) is 7.56. The monoisotopic (exact) mass is 179 g/mol. The van der Waals surface area contributed by atoms with Gasteiger partial charge in [-0.05, 0) is 23.0 Å². The molecule has 0 aliphatic heterocycles. The molecule has 0 aromatic carbocycles. The van der Waals surface area contributed by atoms with Crippen molar-refractivity contribution < 1.29 is 8.78 Å². The molecule has 1 radical (unpaired) electrons. The first-order valence-corrected chi connectivity index (χ1v) is 3.64. The van der Waals surface area contributed by atoms with Crippen LogP contribution in [-0.2, 0) is 0 Å². The van der Waals surface area contributed by atoms with Gasteiger partial charge >= 0.3 is 0 Å². The van der Waals surface area contributed by atoms with Gasteiger partial charge in [0.05, 0.1) is 5.38 Å². The highest BCUT2D eigenvalue weighted by Crippen LogP contribution is 2.24. The van der Waals surface area contributed by atoms with Crippen molar-refractivity contribution in [2.24, 2.45) is 0 Å². The molecule has 0 aliphatic carbocycles. The Bertz CT molecular complexity index is 236. The van der Waals surface area contributed by atoms with Gasteiger partial charge in [0.25, 0.3) is 0 Å². The van der Waals surface area contributed by atoms with Crippen molar-refractivity contribution in [2.45, 2.75) is 0 Å². The average molecular weight is 180 g/mol. The van der Waals surface area contributed by atoms with Crippen molar-refractivity contribution in [3.05, 3.63) is 27.7 Å². The molecule has 0 bridgehead atoms. The number of halogens is 3. The lowest BCUT2D eigenvalue weighted by Gasteiger charge is -1.87. The number of hydrogen-bond donors (Lipinski definition) is 0. The lowest BCUT2D eigenvalue weighted by atomic mass is 10.3. The molecule has 4 heteroatoms. The molecule has 0 saturated carbocycles. The zero-order valence-electron chi connectivity index (χ0n) is 4.70. The molecule has 0 unspecified atom stereocenters. The van der Waals surface area contributed by atoms with Crippen LogP contribution in [0.3, 0.4) is 0 Å². The standard InChI is InChI=1S/C6H2ClF2S/c7-6(9)5(8)4-1-2-10-3-4/h1-2H/b6-5+. The van der Waals surface area contributed by atoms with E-state index in [9.17, 15) is 8.78 Å². The summed E-state index contributed by atoms with van der Waals surface area (Å²) in [5.74, 6) is -1.05. The predicted molar refractivity (Wildman–Crippen MR) is 38.1 cm³/mol. The average Bonchev–Trinajstić information content (AvgIpc) is 2.36. The van der Waals surface area contributed by atoms with Gasteiger partial charge in [-0.2, -0.15) is 4.39 Å². The van der Waals surface area contributed by atoms with Gasteiger partial charge in [-0.15, -0.1) is 11.3 Å². The predicted octanol–water partition coefficient (Wildman–Crippen LogP) is 3.35. The molecule has 0 N–H and O–H groups in total. The van der Waals surface area contributed by atoms with Crippen molar-refractivity contribution in [1.29, 1.82) is 0 Å². The first-order chi connectivity index (χ1) is 4.72. The minimum absolute atomic E-state index is 0.0671. The van der Waals surface area contributed by atoms with E-state index >= 15 is 0 Å².